The quantitative estimate of drug-likeness (QED) is 0.472. The van der Waals surface area contributed by atoms with Crippen molar-refractivity contribution < 1.29 is 9.47 Å². The molecule has 2 N–H and O–H groups in total. The van der Waals surface area contributed by atoms with Gasteiger partial charge in [-0.2, -0.15) is 0 Å². The average molecular weight is 261 g/mol. The monoisotopic (exact) mass is 261 g/mol. The van der Waals surface area contributed by atoms with E-state index in [1.54, 1.807) is 21.3 Å². The Bertz CT molecular complexity index is 478. The molecule has 5 nitrogen and oxygen atoms in total. The summed E-state index contributed by atoms with van der Waals surface area (Å²) in [6, 6.07) is 5.75. The van der Waals surface area contributed by atoms with Crippen LogP contribution in [0.2, 0.25) is 0 Å². The van der Waals surface area contributed by atoms with Crippen LogP contribution in [0.5, 0.6) is 11.5 Å². The lowest BCUT2D eigenvalue weighted by Crippen LogP contribution is -2.36. The molecule has 1 rings (SSSR count). The van der Waals surface area contributed by atoms with Gasteiger partial charge in [-0.05, 0) is 17.7 Å². The van der Waals surface area contributed by atoms with Crippen molar-refractivity contribution in [2.24, 2.45) is 4.99 Å². The van der Waals surface area contributed by atoms with Crippen molar-refractivity contribution >= 4 is 5.96 Å². The van der Waals surface area contributed by atoms with Crippen molar-refractivity contribution in [2.75, 3.05) is 27.8 Å². The molecular formula is C14H19N3O2. The van der Waals surface area contributed by atoms with Gasteiger partial charge in [-0.3, -0.25) is 4.99 Å². The summed E-state index contributed by atoms with van der Waals surface area (Å²) in [6.07, 6.45) is 5.18. The van der Waals surface area contributed by atoms with Crippen molar-refractivity contribution in [1.82, 2.24) is 10.6 Å². The number of nitrogens with zero attached hydrogens (tertiary/aromatic N) is 1. The Labute approximate surface area is 114 Å². The van der Waals surface area contributed by atoms with E-state index in [9.17, 15) is 0 Å². The standard InChI is InChI=1S/C14H19N3O2/c1-5-8-16-14(15-2)17-10-11-6-7-12(18-3)13(9-11)19-4/h1,6-7,9H,8,10H2,2-4H3,(H2,15,16,17). The lowest BCUT2D eigenvalue weighted by molar-refractivity contribution is 0.354. The molecule has 5 heteroatoms. The summed E-state index contributed by atoms with van der Waals surface area (Å²) >= 11 is 0. The molecule has 0 spiro atoms. The molecule has 1 aromatic rings. The van der Waals surface area contributed by atoms with E-state index in [2.05, 4.69) is 21.5 Å². The highest BCUT2D eigenvalue weighted by Crippen LogP contribution is 2.27. The molecule has 0 fully saturated rings. The minimum absolute atomic E-state index is 0.436. The fourth-order valence-corrected chi connectivity index (χ4v) is 1.53. The molecule has 0 amide bonds. The topological polar surface area (TPSA) is 54.9 Å². The Balaban J connectivity index is 2.65. The second kappa shape index (κ2) is 7.88. The van der Waals surface area contributed by atoms with Gasteiger partial charge < -0.3 is 20.1 Å². The van der Waals surface area contributed by atoms with Crippen LogP contribution in [0.15, 0.2) is 23.2 Å². The summed E-state index contributed by atoms with van der Waals surface area (Å²) in [5.74, 6) is 4.57. The first-order valence-electron chi connectivity index (χ1n) is 5.84. The van der Waals surface area contributed by atoms with Crippen molar-refractivity contribution in [2.45, 2.75) is 6.54 Å². The van der Waals surface area contributed by atoms with E-state index in [-0.39, 0.29) is 0 Å². The molecule has 0 saturated heterocycles. The largest absolute Gasteiger partial charge is 0.493 e. The first kappa shape index (κ1) is 14.7. The third kappa shape index (κ3) is 4.43. The fraction of sp³-hybridized carbons (Fsp3) is 0.357. The van der Waals surface area contributed by atoms with Crippen LogP contribution in [-0.2, 0) is 6.54 Å². The zero-order chi connectivity index (χ0) is 14.1. The van der Waals surface area contributed by atoms with Crippen LogP contribution >= 0.6 is 0 Å². The second-order valence-corrected chi connectivity index (χ2v) is 3.67. The summed E-state index contributed by atoms with van der Waals surface area (Å²) in [7, 11) is 4.92. The number of terminal acetylenes is 1. The SMILES string of the molecule is C#CCNC(=NC)NCc1ccc(OC)c(OC)c1. The van der Waals surface area contributed by atoms with Crippen LogP contribution < -0.4 is 20.1 Å². The maximum absolute atomic E-state index is 5.25. The third-order valence-electron chi connectivity index (χ3n) is 2.49. The molecule has 0 bridgehead atoms. The zero-order valence-corrected chi connectivity index (χ0v) is 11.5. The van der Waals surface area contributed by atoms with Crippen LogP contribution in [0.3, 0.4) is 0 Å². The van der Waals surface area contributed by atoms with Gasteiger partial charge in [0.15, 0.2) is 17.5 Å². The molecule has 0 unspecified atom stereocenters. The number of rotatable bonds is 5. The van der Waals surface area contributed by atoms with E-state index in [1.807, 2.05) is 18.2 Å². The molecular weight excluding hydrogens is 242 g/mol. The lowest BCUT2D eigenvalue weighted by atomic mass is 10.2. The molecule has 1 aromatic carbocycles. The number of nitrogens with one attached hydrogen (secondary N) is 2. The normalized spacial score (nSPS) is 10.5. The number of benzene rings is 1. The highest BCUT2D eigenvalue weighted by molar-refractivity contribution is 5.79. The molecule has 0 aliphatic rings. The number of hydrogen-bond acceptors (Lipinski definition) is 3. The highest BCUT2D eigenvalue weighted by atomic mass is 16.5. The second-order valence-electron chi connectivity index (χ2n) is 3.67. The van der Waals surface area contributed by atoms with Gasteiger partial charge in [0.2, 0.25) is 0 Å². The van der Waals surface area contributed by atoms with Crippen LogP contribution in [0.4, 0.5) is 0 Å². The maximum atomic E-state index is 5.25. The van der Waals surface area contributed by atoms with Crippen molar-refractivity contribution in [1.29, 1.82) is 0 Å². The van der Waals surface area contributed by atoms with Gasteiger partial charge in [0.1, 0.15) is 0 Å². The third-order valence-corrected chi connectivity index (χ3v) is 2.49. The smallest absolute Gasteiger partial charge is 0.192 e. The summed E-state index contributed by atoms with van der Waals surface area (Å²) in [5, 5.41) is 6.14. The summed E-state index contributed by atoms with van der Waals surface area (Å²) < 4.78 is 10.4. The van der Waals surface area contributed by atoms with E-state index in [0.717, 1.165) is 5.56 Å². The van der Waals surface area contributed by atoms with Crippen LogP contribution in [0, 0.1) is 12.3 Å². The van der Waals surface area contributed by atoms with Crippen LogP contribution in [0.1, 0.15) is 5.56 Å². The number of methoxy groups -OCH3 is 2. The first-order chi connectivity index (χ1) is 9.24. The number of ether oxygens (including phenoxy) is 2. The molecule has 0 heterocycles. The summed E-state index contributed by atoms with van der Waals surface area (Å²) in [4.78, 5) is 4.06. The first-order valence-corrected chi connectivity index (χ1v) is 5.84. The molecule has 102 valence electrons. The molecule has 19 heavy (non-hydrogen) atoms. The van der Waals surface area contributed by atoms with E-state index in [4.69, 9.17) is 15.9 Å². The van der Waals surface area contributed by atoms with E-state index < -0.39 is 0 Å². The van der Waals surface area contributed by atoms with Crippen molar-refractivity contribution in [3.63, 3.8) is 0 Å². The van der Waals surface area contributed by atoms with E-state index >= 15 is 0 Å². The number of aliphatic imine (C=N–C) groups is 1. The number of guanidine groups is 1. The molecule has 0 atom stereocenters. The Morgan fingerprint density at radius 2 is 2.00 bits per heavy atom. The molecule has 0 radical (unpaired) electrons. The van der Waals surface area contributed by atoms with Gasteiger partial charge in [-0.15, -0.1) is 6.42 Å². The number of hydrogen-bond donors (Lipinski definition) is 2. The Morgan fingerprint density at radius 1 is 1.26 bits per heavy atom. The zero-order valence-electron chi connectivity index (χ0n) is 11.5. The fourth-order valence-electron chi connectivity index (χ4n) is 1.53. The summed E-state index contributed by atoms with van der Waals surface area (Å²) in [6.45, 7) is 1.05. The minimum Gasteiger partial charge on any atom is -0.493 e. The van der Waals surface area contributed by atoms with Crippen LogP contribution in [-0.4, -0.2) is 33.8 Å². The molecule has 0 aliphatic carbocycles. The predicted octanol–water partition coefficient (Wildman–Crippen LogP) is 1.00. The highest BCUT2D eigenvalue weighted by Gasteiger charge is 2.04. The molecule has 0 aromatic heterocycles. The molecule has 0 aliphatic heterocycles. The van der Waals surface area contributed by atoms with Gasteiger partial charge in [0.05, 0.1) is 20.8 Å². The van der Waals surface area contributed by atoms with Crippen molar-refractivity contribution in [3.05, 3.63) is 23.8 Å². The van der Waals surface area contributed by atoms with Crippen molar-refractivity contribution in [3.8, 4) is 23.8 Å². The Morgan fingerprint density at radius 3 is 2.58 bits per heavy atom. The maximum Gasteiger partial charge on any atom is 0.192 e. The van der Waals surface area contributed by atoms with Gasteiger partial charge in [-0.25, -0.2) is 0 Å². The minimum atomic E-state index is 0.436. The lowest BCUT2D eigenvalue weighted by Gasteiger charge is -2.12. The Kier molecular flexibility index (Phi) is 6.10. The van der Waals surface area contributed by atoms with Gasteiger partial charge in [0, 0.05) is 13.6 Å². The summed E-state index contributed by atoms with van der Waals surface area (Å²) in [5.41, 5.74) is 1.06. The predicted molar refractivity (Wildman–Crippen MR) is 76.6 cm³/mol. The Hall–Kier alpha value is -2.35. The van der Waals surface area contributed by atoms with Gasteiger partial charge in [-0.1, -0.05) is 12.0 Å². The van der Waals surface area contributed by atoms with E-state index in [0.29, 0.717) is 30.5 Å². The molecule has 0 saturated carbocycles. The van der Waals surface area contributed by atoms with Gasteiger partial charge >= 0.3 is 0 Å². The van der Waals surface area contributed by atoms with E-state index in [1.165, 1.54) is 0 Å². The van der Waals surface area contributed by atoms with Crippen LogP contribution in [0.25, 0.3) is 0 Å². The average Bonchev–Trinajstić information content (AvgIpc) is 2.47. The van der Waals surface area contributed by atoms with Gasteiger partial charge in [0.25, 0.3) is 0 Å².